The molecule has 0 saturated carbocycles. The molecule has 0 bridgehead atoms. The Morgan fingerprint density at radius 1 is 0.743 bits per heavy atom. The Bertz CT molecular complexity index is 1170. The summed E-state index contributed by atoms with van der Waals surface area (Å²) in [7, 11) is 0. The highest BCUT2D eigenvalue weighted by atomic mass is 16.8. The first kappa shape index (κ1) is 24.1. The number of aliphatic hydroxyl groups is 1. The molecule has 35 heavy (non-hydrogen) atoms. The molecule has 3 aromatic rings. The van der Waals surface area contributed by atoms with Crippen LogP contribution in [0.5, 0.6) is 0 Å². The Hall–Kier alpha value is -4.01. The number of carbonyl (C=O) groups excluding carboxylic acids is 3. The lowest BCUT2D eigenvalue weighted by Gasteiger charge is -2.33. The Morgan fingerprint density at radius 3 is 1.63 bits per heavy atom. The van der Waals surface area contributed by atoms with Gasteiger partial charge in [0.2, 0.25) is 11.9 Å². The van der Waals surface area contributed by atoms with Gasteiger partial charge < -0.3 is 24.1 Å². The molecule has 0 radical (unpaired) electrons. The summed E-state index contributed by atoms with van der Waals surface area (Å²) < 4.78 is 22.8. The summed E-state index contributed by atoms with van der Waals surface area (Å²) in [5.74, 6) is -2.18. The van der Waals surface area contributed by atoms with Crippen LogP contribution in [0.2, 0.25) is 0 Å². The van der Waals surface area contributed by atoms with Gasteiger partial charge in [-0.1, -0.05) is 54.6 Å². The van der Waals surface area contributed by atoms with Gasteiger partial charge in [0.05, 0.1) is 23.3 Å². The van der Waals surface area contributed by atoms with Crippen molar-refractivity contribution < 1.29 is 38.4 Å². The average molecular weight is 476 g/mol. The lowest BCUT2D eigenvalue weighted by molar-refractivity contribution is -0.175. The van der Waals surface area contributed by atoms with E-state index in [1.54, 1.807) is 91.0 Å². The van der Waals surface area contributed by atoms with Crippen LogP contribution in [0.1, 0.15) is 38.0 Å². The molecule has 0 spiro atoms. The van der Waals surface area contributed by atoms with Gasteiger partial charge in [-0.25, -0.2) is 14.4 Å². The maximum atomic E-state index is 13.0. The van der Waals surface area contributed by atoms with Gasteiger partial charge >= 0.3 is 17.9 Å². The van der Waals surface area contributed by atoms with Crippen molar-refractivity contribution in [1.82, 2.24) is 0 Å². The van der Waals surface area contributed by atoms with Gasteiger partial charge in [0, 0.05) is 0 Å². The molecule has 3 aromatic carbocycles. The maximum absolute atomic E-state index is 13.0. The third kappa shape index (κ3) is 5.24. The standard InChI is InChI=1S/C27H24O8/c1-27(35-25(31)20-15-9-4-10-16-20)22(33-23(29)18-11-5-2-6-12-18)21(17-28)32-26(27)34-24(30)19-13-7-3-8-14-19/h2-16,21-22,26,28H,17H2,1H3/t21-,22-,26-,27-/m1/s1. The molecular formula is C27H24O8. The van der Waals surface area contributed by atoms with Crippen LogP contribution in [0.4, 0.5) is 0 Å². The molecule has 1 N–H and O–H groups in total. The van der Waals surface area contributed by atoms with Crippen molar-refractivity contribution in [1.29, 1.82) is 0 Å². The predicted octanol–water partition coefficient (Wildman–Crippen LogP) is 3.40. The van der Waals surface area contributed by atoms with Crippen LogP contribution in [0.25, 0.3) is 0 Å². The first-order valence-electron chi connectivity index (χ1n) is 11.0. The van der Waals surface area contributed by atoms with Gasteiger partial charge in [0.15, 0.2) is 6.10 Å². The molecule has 1 aliphatic rings. The molecule has 1 fully saturated rings. The zero-order valence-corrected chi connectivity index (χ0v) is 18.9. The Morgan fingerprint density at radius 2 is 1.17 bits per heavy atom. The van der Waals surface area contributed by atoms with E-state index >= 15 is 0 Å². The summed E-state index contributed by atoms with van der Waals surface area (Å²) in [4.78, 5) is 38.6. The molecule has 0 aliphatic carbocycles. The highest BCUT2D eigenvalue weighted by molar-refractivity contribution is 5.91. The fourth-order valence-electron chi connectivity index (χ4n) is 3.78. The van der Waals surface area contributed by atoms with Gasteiger partial charge in [-0.15, -0.1) is 0 Å². The zero-order valence-electron chi connectivity index (χ0n) is 18.9. The second-order valence-corrected chi connectivity index (χ2v) is 8.09. The number of aliphatic hydroxyl groups excluding tert-OH is 1. The van der Waals surface area contributed by atoms with Gasteiger partial charge in [-0.05, 0) is 43.3 Å². The third-order valence-corrected chi connectivity index (χ3v) is 5.64. The molecule has 180 valence electrons. The zero-order chi connectivity index (χ0) is 24.8. The molecule has 0 amide bonds. The second kappa shape index (κ2) is 10.5. The highest BCUT2D eigenvalue weighted by Crippen LogP contribution is 2.38. The lowest BCUT2D eigenvalue weighted by Crippen LogP contribution is -2.52. The van der Waals surface area contributed by atoms with Crippen molar-refractivity contribution in [2.45, 2.75) is 31.0 Å². The monoisotopic (exact) mass is 476 g/mol. The summed E-state index contributed by atoms with van der Waals surface area (Å²) in [5, 5.41) is 9.97. The summed E-state index contributed by atoms with van der Waals surface area (Å²) in [6.07, 6.45) is -3.86. The molecular weight excluding hydrogens is 452 g/mol. The van der Waals surface area contributed by atoms with Gasteiger partial charge in [-0.2, -0.15) is 0 Å². The Kier molecular flexibility index (Phi) is 7.24. The number of rotatable bonds is 7. The molecule has 4 atom stereocenters. The van der Waals surface area contributed by atoms with Gasteiger partial charge in [-0.3, -0.25) is 0 Å². The van der Waals surface area contributed by atoms with Crippen LogP contribution in [-0.2, 0) is 18.9 Å². The molecule has 0 aromatic heterocycles. The van der Waals surface area contributed by atoms with Crippen molar-refractivity contribution >= 4 is 17.9 Å². The van der Waals surface area contributed by atoms with Crippen LogP contribution in [0.15, 0.2) is 91.0 Å². The maximum Gasteiger partial charge on any atom is 0.340 e. The Balaban J connectivity index is 1.65. The minimum absolute atomic E-state index is 0.238. The summed E-state index contributed by atoms with van der Waals surface area (Å²) in [5.41, 5.74) is -1.03. The first-order valence-corrected chi connectivity index (χ1v) is 11.0. The van der Waals surface area contributed by atoms with E-state index in [4.69, 9.17) is 18.9 Å². The molecule has 0 unspecified atom stereocenters. The van der Waals surface area contributed by atoms with Crippen molar-refractivity contribution in [3.63, 3.8) is 0 Å². The van der Waals surface area contributed by atoms with Crippen molar-refractivity contribution in [3.05, 3.63) is 108 Å². The molecule has 1 heterocycles. The average Bonchev–Trinajstić information content (AvgIpc) is 3.15. The summed E-state index contributed by atoms with van der Waals surface area (Å²) >= 11 is 0. The topological polar surface area (TPSA) is 108 Å². The van der Waals surface area contributed by atoms with Crippen LogP contribution in [0.3, 0.4) is 0 Å². The number of hydrogen-bond acceptors (Lipinski definition) is 8. The van der Waals surface area contributed by atoms with E-state index < -0.39 is 48.6 Å². The van der Waals surface area contributed by atoms with Gasteiger partial charge in [0.1, 0.15) is 6.10 Å². The second-order valence-electron chi connectivity index (χ2n) is 8.09. The van der Waals surface area contributed by atoms with E-state index in [1.165, 1.54) is 6.92 Å². The fraction of sp³-hybridized carbons (Fsp3) is 0.222. The highest BCUT2D eigenvalue weighted by Gasteiger charge is 2.61. The van der Waals surface area contributed by atoms with Crippen molar-refractivity contribution in [2.75, 3.05) is 6.61 Å². The third-order valence-electron chi connectivity index (χ3n) is 5.64. The number of carbonyl (C=O) groups is 3. The predicted molar refractivity (Wildman–Crippen MR) is 124 cm³/mol. The van der Waals surface area contributed by atoms with Crippen LogP contribution < -0.4 is 0 Å². The normalized spacial score (nSPS) is 23.3. The van der Waals surface area contributed by atoms with Crippen LogP contribution >= 0.6 is 0 Å². The first-order chi connectivity index (χ1) is 16.9. The largest absolute Gasteiger partial charge is 0.451 e. The van der Waals surface area contributed by atoms with E-state index in [0.717, 1.165) is 0 Å². The number of hydrogen-bond donors (Lipinski definition) is 1. The molecule has 1 aliphatic heterocycles. The smallest absolute Gasteiger partial charge is 0.340 e. The van der Waals surface area contributed by atoms with Gasteiger partial charge in [0.25, 0.3) is 0 Å². The summed E-state index contributed by atoms with van der Waals surface area (Å²) in [6, 6.07) is 24.6. The molecule has 8 heteroatoms. The SMILES string of the molecule is C[C@]1(OC(=O)c2ccccc2)[C@@H](OC(=O)c2ccccc2)O[C@H](CO)[C@H]1OC(=O)c1ccccc1. The van der Waals surface area contributed by atoms with Crippen LogP contribution in [-0.4, -0.2) is 53.7 Å². The van der Waals surface area contributed by atoms with Crippen LogP contribution in [0, 0.1) is 0 Å². The number of esters is 3. The van der Waals surface area contributed by atoms with Crippen molar-refractivity contribution in [2.24, 2.45) is 0 Å². The summed E-state index contributed by atoms with van der Waals surface area (Å²) in [6.45, 7) is 0.861. The van der Waals surface area contributed by atoms with Crippen molar-refractivity contribution in [3.8, 4) is 0 Å². The van der Waals surface area contributed by atoms with E-state index in [1.807, 2.05) is 0 Å². The quantitative estimate of drug-likeness (QED) is 0.408. The van der Waals surface area contributed by atoms with E-state index in [0.29, 0.717) is 0 Å². The van der Waals surface area contributed by atoms with E-state index in [-0.39, 0.29) is 16.7 Å². The van der Waals surface area contributed by atoms with E-state index in [2.05, 4.69) is 0 Å². The molecule has 4 rings (SSSR count). The molecule has 8 nitrogen and oxygen atoms in total. The minimum Gasteiger partial charge on any atom is -0.451 e. The number of ether oxygens (including phenoxy) is 4. The molecule has 1 saturated heterocycles. The minimum atomic E-state index is -1.77. The Labute approximate surface area is 202 Å². The number of benzene rings is 3. The van der Waals surface area contributed by atoms with E-state index in [9.17, 15) is 19.5 Å². The fourth-order valence-corrected chi connectivity index (χ4v) is 3.78. The lowest BCUT2D eigenvalue weighted by atomic mass is 9.96.